The van der Waals surface area contributed by atoms with Crippen LogP contribution in [0.25, 0.3) is 0 Å². The minimum Gasteiger partial charge on any atom is -0.480 e. The number of hydrogen-bond donors (Lipinski definition) is 3. The van der Waals surface area contributed by atoms with Gasteiger partial charge in [0.2, 0.25) is 0 Å². The Labute approximate surface area is 107 Å². The molecule has 1 amide bonds. The van der Waals surface area contributed by atoms with E-state index in [4.69, 9.17) is 9.84 Å². The van der Waals surface area contributed by atoms with E-state index in [2.05, 4.69) is 10.6 Å². The Morgan fingerprint density at radius 1 is 1.28 bits per heavy atom. The van der Waals surface area contributed by atoms with Gasteiger partial charge >= 0.3 is 12.1 Å². The number of nitrogens with one attached hydrogen (secondary N) is 2. The molecule has 0 fully saturated rings. The standard InChI is InChI=1S/C12H22N2O4/c1-9(10(15)16)13-7-5-6-8-14-11(17)18-12(2,3)4/h5-6,9,13H,7-8H2,1-4H3,(H,14,17)(H,15,16)/b6-5+. The number of carboxylic acid groups (broad SMARTS) is 1. The molecule has 1 unspecified atom stereocenters. The lowest BCUT2D eigenvalue weighted by atomic mass is 10.2. The van der Waals surface area contributed by atoms with E-state index in [9.17, 15) is 9.59 Å². The largest absolute Gasteiger partial charge is 0.480 e. The summed E-state index contributed by atoms with van der Waals surface area (Å²) < 4.78 is 5.04. The molecule has 0 rings (SSSR count). The molecule has 18 heavy (non-hydrogen) atoms. The van der Waals surface area contributed by atoms with Crippen molar-refractivity contribution in [1.82, 2.24) is 10.6 Å². The van der Waals surface area contributed by atoms with Crippen LogP contribution in [0.3, 0.4) is 0 Å². The molecule has 0 aromatic carbocycles. The number of aliphatic carboxylic acids is 1. The maximum atomic E-state index is 11.2. The molecule has 6 nitrogen and oxygen atoms in total. The Morgan fingerprint density at radius 3 is 2.33 bits per heavy atom. The Hall–Kier alpha value is -1.56. The first-order chi connectivity index (χ1) is 8.22. The summed E-state index contributed by atoms with van der Waals surface area (Å²) in [5, 5.41) is 13.9. The number of hydrogen-bond acceptors (Lipinski definition) is 4. The van der Waals surface area contributed by atoms with Gasteiger partial charge < -0.3 is 20.5 Å². The third-order valence-corrected chi connectivity index (χ3v) is 1.84. The zero-order valence-corrected chi connectivity index (χ0v) is 11.3. The molecule has 1 atom stereocenters. The molecule has 0 saturated heterocycles. The first-order valence-corrected chi connectivity index (χ1v) is 5.80. The van der Waals surface area contributed by atoms with Crippen LogP contribution in [0.2, 0.25) is 0 Å². The van der Waals surface area contributed by atoms with E-state index < -0.39 is 23.7 Å². The highest BCUT2D eigenvalue weighted by Gasteiger charge is 2.14. The Kier molecular flexibility index (Phi) is 7.04. The molecule has 0 bridgehead atoms. The van der Waals surface area contributed by atoms with Crippen LogP contribution in [-0.2, 0) is 9.53 Å². The van der Waals surface area contributed by atoms with Crippen LogP contribution in [0.1, 0.15) is 27.7 Å². The summed E-state index contributed by atoms with van der Waals surface area (Å²) in [7, 11) is 0. The van der Waals surface area contributed by atoms with Crippen molar-refractivity contribution in [3.8, 4) is 0 Å². The zero-order chi connectivity index (χ0) is 14.2. The van der Waals surface area contributed by atoms with Gasteiger partial charge in [-0.05, 0) is 27.7 Å². The van der Waals surface area contributed by atoms with Crippen molar-refractivity contribution in [3.05, 3.63) is 12.2 Å². The summed E-state index contributed by atoms with van der Waals surface area (Å²) in [5.41, 5.74) is -0.508. The fraction of sp³-hybridized carbons (Fsp3) is 0.667. The second-order valence-electron chi connectivity index (χ2n) is 4.82. The maximum Gasteiger partial charge on any atom is 0.407 e. The monoisotopic (exact) mass is 258 g/mol. The van der Waals surface area contributed by atoms with Gasteiger partial charge in [-0.15, -0.1) is 0 Å². The van der Waals surface area contributed by atoms with Crippen molar-refractivity contribution < 1.29 is 19.4 Å². The topological polar surface area (TPSA) is 87.7 Å². The van der Waals surface area contributed by atoms with Crippen LogP contribution in [0.15, 0.2) is 12.2 Å². The fourth-order valence-electron chi connectivity index (χ4n) is 0.955. The zero-order valence-electron chi connectivity index (χ0n) is 11.3. The lowest BCUT2D eigenvalue weighted by Crippen LogP contribution is -2.34. The number of carboxylic acids is 1. The van der Waals surface area contributed by atoms with E-state index >= 15 is 0 Å². The van der Waals surface area contributed by atoms with Crippen molar-refractivity contribution in [2.45, 2.75) is 39.3 Å². The number of amides is 1. The molecule has 0 aliphatic heterocycles. The third-order valence-electron chi connectivity index (χ3n) is 1.84. The van der Waals surface area contributed by atoms with Crippen molar-refractivity contribution in [2.24, 2.45) is 0 Å². The Bertz CT molecular complexity index is 308. The molecule has 6 heteroatoms. The average Bonchev–Trinajstić information content (AvgIpc) is 2.19. The number of ether oxygens (including phenoxy) is 1. The first kappa shape index (κ1) is 16.4. The second kappa shape index (κ2) is 7.71. The normalized spacial score (nSPS) is 13.3. The molecule has 0 aliphatic carbocycles. The maximum absolute atomic E-state index is 11.2. The van der Waals surface area contributed by atoms with Crippen molar-refractivity contribution in [2.75, 3.05) is 13.1 Å². The van der Waals surface area contributed by atoms with E-state index in [1.54, 1.807) is 39.8 Å². The van der Waals surface area contributed by atoms with Gasteiger partial charge in [-0.25, -0.2) is 4.79 Å². The predicted octanol–water partition coefficient (Wildman–Crippen LogP) is 1.13. The van der Waals surface area contributed by atoms with E-state index in [-0.39, 0.29) is 0 Å². The van der Waals surface area contributed by atoms with Crippen LogP contribution in [-0.4, -0.2) is 41.9 Å². The molecule has 3 N–H and O–H groups in total. The average molecular weight is 258 g/mol. The summed E-state index contributed by atoms with van der Waals surface area (Å²) in [6, 6.07) is -0.589. The van der Waals surface area contributed by atoms with Crippen LogP contribution in [0.5, 0.6) is 0 Å². The third kappa shape index (κ3) is 9.65. The van der Waals surface area contributed by atoms with Crippen LogP contribution >= 0.6 is 0 Å². The Balaban J connectivity index is 3.66. The van der Waals surface area contributed by atoms with E-state index in [0.29, 0.717) is 13.1 Å². The molecular formula is C12H22N2O4. The fourth-order valence-corrected chi connectivity index (χ4v) is 0.955. The lowest BCUT2D eigenvalue weighted by molar-refractivity contribution is -0.138. The van der Waals surface area contributed by atoms with Crippen LogP contribution in [0.4, 0.5) is 4.79 Å². The molecule has 0 heterocycles. The quantitative estimate of drug-likeness (QED) is 0.622. The van der Waals surface area contributed by atoms with Gasteiger partial charge in [-0.3, -0.25) is 4.79 Å². The molecule has 0 spiro atoms. The molecule has 0 saturated carbocycles. The summed E-state index contributed by atoms with van der Waals surface area (Å²) in [6.45, 7) is 7.72. The van der Waals surface area contributed by atoms with Crippen LogP contribution < -0.4 is 10.6 Å². The highest BCUT2D eigenvalue weighted by molar-refractivity contribution is 5.72. The molecule has 0 aliphatic rings. The first-order valence-electron chi connectivity index (χ1n) is 5.80. The second-order valence-corrected chi connectivity index (χ2v) is 4.82. The molecule has 0 radical (unpaired) electrons. The molecular weight excluding hydrogens is 236 g/mol. The van der Waals surface area contributed by atoms with Gasteiger partial charge in [-0.2, -0.15) is 0 Å². The number of carbonyl (C=O) groups is 2. The number of alkyl carbamates (subject to hydrolysis) is 1. The number of carbonyl (C=O) groups excluding carboxylic acids is 1. The minimum atomic E-state index is -0.893. The van der Waals surface area contributed by atoms with Gasteiger partial charge in [0.15, 0.2) is 0 Å². The lowest BCUT2D eigenvalue weighted by Gasteiger charge is -2.19. The SMILES string of the molecule is CC(NC/C=C/CNC(=O)OC(C)(C)C)C(=O)O. The number of rotatable bonds is 6. The van der Waals surface area contributed by atoms with E-state index in [1.807, 2.05) is 0 Å². The highest BCUT2D eigenvalue weighted by Crippen LogP contribution is 2.05. The predicted molar refractivity (Wildman–Crippen MR) is 68.5 cm³/mol. The van der Waals surface area contributed by atoms with Gasteiger partial charge in [0.25, 0.3) is 0 Å². The highest BCUT2D eigenvalue weighted by atomic mass is 16.6. The van der Waals surface area contributed by atoms with Crippen molar-refractivity contribution in [3.63, 3.8) is 0 Å². The Morgan fingerprint density at radius 2 is 1.83 bits per heavy atom. The van der Waals surface area contributed by atoms with Crippen molar-refractivity contribution >= 4 is 12.1 Å². The van der Waals surface area contributed by atoms with Gasteiger partial charge in [0.05, 0.1) is 0 Å². The summed E-state index contributed by atoms with van der Waals surface area (Å²) in [6.07, 6.45) is 3.00. The van der Waals surface area contributed by atoms with Gasteiger partial charge in [0.1, 0.15) is 11.6 Å². The van der Waals surface area contributed by atoms with Gasteiger partial charge in [-0.1, -0.05) is 12.2 Å². The molecule has 0 aromatic rings. The summed E-state index contributed by atoms with van der Waals surface area (Å²) >= 11 is 0. The van der Waals surface area contributed by atoms with E-state index in [0.717, 1.165) is 0 Å². The minimum absolute atomic E-state index is 0.345. The molecule has 104 valence electrons. The molecule has 0 aromatic heterocycles. The van der Waals surface area contributed by atoms with Gasteiger partial charge in [0, 0.05) is 13.1 Å². The smallest absolute Gasteiger partial charge is 0.407 e. The summed E-state index contributed by atoms with van der Waals surface area (Å²) in [5.74, 6) is -0.893. The van der Waals surface area contributed by atoms with Crippen molar-refractivity contribution in [1.29, 1.82) is 0 Å². The van der Waals surface area contributed by atoms with E-state index in [1.165, 1.54) is 0 Å². The summed E-state index contributed by atoms with van der Waals surface area (Å²) in [4.78, 5) is 21.7. The van der Waals surface area contributed by atoms with Crippen LogP contribution in [0, 0.1) is 0 Å².